The fourth-order valence-corrected chi connectivity index (χ4v) is 3.77. The molecule has 5 heteroatoms. The van der Waals surface area contributed by atoms with Gasteiger partial charge in [0, 0.05) is 13.1 Å². The molecule has 5 nitrogen and oxygen atoms in total. The Balaban J connectivity index is 2.21. The molecule has 1 aliphatic carbocycles. The summed E-state index contributed by atoms with van der Waals surface area (Å²) in [5, 5.41) is 9.39. The van der Waals surface area contributed by atoms with Crippen LogP contribution in [0.5, 0.6) is 0 Å². The first-order chi connectivity index (χ1) is 9.52. The Bertz CT molecular complexity index is 375. The molecular weight excluding hydrogens is 256 g/mol. The summed E-state index contributed by atoms with van der Waals surface area (Å²) in [6.07, 6.45) is 6.71. The number of rotatable bonds is 3. The number of aliphatic carboxylic acids is 1. The summed E-state index contributed by atoms with van der Waals surface area (Å²) in [5.74, 6) is -0.875. The average molecular weight is 282 g/mol. The highest BCUT2D eigenvalue weighted by molar-refractivity contribution is 5.88. The van der Waals surface area contributed by atoms with E-state index in [4.69, 9.17) is 5.73 Å². The van der Waals surface area contributed by atoms with Crippen LogP contribution in [0.15, 0.2) is 0 Å². The van der Waals surface area contributed by atoms with Crippen LogP contribution in [0.4, 0.5) is 0 Å². The van der Waals surface area contributed by atoms with Crippen molar-refractivity contribution in [2.75, 3.05) is 13.1 Å². The number of carboxylic acids is 1. The molecule has 0 spiro atoms. The third-order valence-corrected chi connectivity index (χ3v) is 5.12. The van der Waals surface area contributed by atoms with Gasteiger partial charge in [-0.3, -0.25) is 4.79 Å². The van der Waals surface area contributed by atoms with Gasteiger partial charge in [0.05, 0.1) is 5.41 Å². The van der Waals surface area contributed by atoms with Crippen molar-refractivity contribution in [3.05, 3.63) is 0 Å². The summed E-state index contributed by atoms with van der Waals surface area (Å²) in [6, 6.07) is -0.672. The van der Waals surface area contributed by atoms with Crippen molar-refractivity contribution in [1.29, 1.82) is 0 Å². The van der Waals surface area contributed by atoms with Crippen LogP contribution < -0.4 is 5.73 Å². The third kappa shape index (κ3) is 2.68. The molecule has 0 aromatic carbocycles. The average Bonchev–Trinajstić information content (AvgIpc) is 2.66. The zero-order chi connectivity index (χ0) is 14.8. The first-order valence-corrected chi connectivity index (χ1v) is 7.76. The maximum atomic E-state index is 12.9. The van der Waals surface area contributed by atoms with Crippen molar-refractivity contribution < 1.29 is 14.7 Å². The zero-order valence-corrected chi connectivity index (χ0v) is 12.3. The van der Waals surface area contributed by atoms with Gasteiger partial charge in [0.1, 0.15) is 6.04 Å². The summed E-state index contributed by atoms with van der Waals surface area (Å²) < 4.78 is 0. The summed E-state index contributed by atoms with van der Waals surface area (Å²) in [6.45, 7) is 2.80. The van der Waals surface area contributed by atoms with E-state index in [0.717, 1.165) is 44.9 Å². The van der Waals surface area contributed by atoms with Gasteiger partial charge >= 0.3 is 5.97 Å². The van der Waals surface area contributed by atoms with Gasteiger partial charge < -0.3 is 15.7 Å². The van der Waals surface area contributed by atoms with E-state index in [1.807, 2.05) is 6.92 Å². The first-order valence-electron chi connectivity index (χ1n) is 7.76. The second-order valence-electron chi connectivity index (χ2n) is 6.45. The normalized spacial score (nSPS) is 30.0. The quantitative estimate of drug-likeness (QED) is 0.770. The molecular formula is C15H26N2O3. The van der Waals surface area contributed by atoms with E-state index >= 15 is 0 Å². The molecule has 2 aliphatic rings. The summed E-state index contributed by atoms with van der Waals surface area (Å²) in [4.78, 5) is 26.0. The number of carboxylic acid groups (broad SMARTS) is 1. The smallest absolute Gasteiger partial charge is 0.326 e. The van der Waals surface area contributed by atoms with Crippen LogP contribution in [-0.2, 0) is 9.59 Å². The number of likely N-dealkylation sites (tertiary alicyclic amines) is 1. The van der Waals surface area contributed by atoms with Crippen LogP contribution in [0, 0.1) is 11.3 Å². The van der Waals surface area contributed by atoms with Crippen molar-refractivity contribution in [3.63, 3.8) is 0 Å². The summed E-state index contributed by atoms with van der Waals surface area (Å²) in [5.41, 5.74) is 5.42. The van der Waals surface area contributed by atoms with E-state index in [-0.39, 0.29) is 11.8 Å². The number of hydrogen-bond acceptors (Lipinski definition) is 3. The van der Waals surface area contributed by atoms with Crippen LogP contribution in [0.25, 0.3) is 0 Å². The van der Waals surface area contributed by atoms with Gasteiger partial charge in [0.15, 0.2) is 0 Å². The number of carbonyl (C=O) groups is 2. The summed E-state index contributed by atoms with van der Waals surface area (Å²) in [7, 11) is 0. The zero-order valence-electron chi connectivity index (χ0n) is 12.3. The van der Waals surface area contributed by atoms with Gasteiger partial charge in [0.25, 0.3) is 0 Å². The Hall–Kier alpha value is -1.10. The van der Waals surface area contributed by atoms with Crippen molar-refractivity contribution in [3.8, 4) is 0 Å². The molecule has 2 unspecified atom stereocenters. The van der Waals surface area contributed by atoms with Crippen LogP contribution in [0.1, 0.15) is 51.9 Å². The number of nitrogens with zero attached hydrogens (tertiary/aromatic N) is 1. The van der Waals surface area contributed by atoms with Gasteiger partial charge in [0.2, 0.25) is 5.91 Å². The largest absolute Gasteiger partial charge is 0.480 e. The molecule has 114 valence electrons. The predicted octanol–water partition coefficient (Wildman–Crippen LogP) is 1.61. The van der Waals surface area contributed by atoms with Crippen molar-refractivity contribution in [1.82, 2.24) is 4.90 Å². The Morgan fingerprint density at radius 1 is 1.25 bits per heavy atom. The molecule has 0 aromatic heterocycles. The van der Waals surface area contributed by atoms with Crippen LogP contribution >= 0.6 is 0 Å². The van der Waals surface area contributed by atoms with Crippen LogP contribution in [0.2, 0.25) is 0 Å². The van der Waals surface area contributed by atoms with Gasteiger partial charge in [-0.15, -0.1) is 0 Å². The second kappa shape index (κ2) is 6.12. The first kappa shape index (κ1) is 15.3. The molecule has 2 rings (SSSR count). The molecule has 1 amide bonds. The fourth-order valence-electron chi connectivity index (χ4n) is 3.77. The molecule has 20 heavy (non-hydrogen) atoms. The van der Waals surface area contributed by atoms with E-state index < -0.39 is 17.4 Å². The minimum absolute atomic E-state index is 0.0151. The number of carbonyl (C=O) groups excluding carboxylic acids is 1. The Kier molecular flexibility index (Phi) is 4.68. The minimum atomic E-state index is -0.885. The highest BCUT2D eigenvalue weighted by Crippen LogP contribution is 2.38. The van der Waals surface area contributed by atoms with Gasteiger partial charge in [-0.05, 0) is 25.2 Å². The molecule has 1 saturated heterocycles. The Labute approximate surface area is 120 Å². The lowest BCUT2D eigenvalue weighted by Gasteiger charge is -2.36. The van der Waals surface area contributed by atoms with Crippen molar-refractivity contribution in [2.24, 2.45) is 17.1 Å². The molecule has 2 fully saturated rings. The lowest BCUT2D eigenvalue weighted by Crippen LogP contribution is -2.52. The molecule has 0 aromatic rings. The van der Waals surface area contributed by atoms with Gasteiger partial charge in [-0.2, -0.15) is 0 Å². The van der Waals surface area contributed by atoms with Crippen LogP contribution in [-0.4, -0.2) is 41.0 Å². The highest BCUT2D eigenvalue weighted by Gasteiger charge is 2.47. The fraction of sp³-hybridized carbons (Fsp3) is 0.867. The van der Waals surface area contributed by atoms with Crippen molar-refractivity contribution in [2.45, 2.75) is 57.9 Å². The molecule has 0 bridgehead atoms. The minimum Gasteiger partial charge on any atom is -0.480 e. The maximum absolute atomic E-state index is 12.9. The third-order valence-electron chi connectivity index (χ3n) is 5.12. The van der Waals surface area contributed by atoms with Gasteiger partial charge in [-0.25, -0.2) is 4.79 Å². The molecule has 2 atom stereocenters. The molecule has 1 saturated carbocycles. The molecule has 3 N–H and O–H groups in total. The predicted molar refractivity (Wildman–Crippen MR) is 76.1 cm³/mol. The summed E-state index contributed by atoms with van der Waals surface area (Å²) >= 11 is 0. The second-order valence-corrected chi connectivity index (χ2v) is 6.45. The number of amides is 1. The van der Waals surface area contributed by atoms with Gasteiger partial charge in [-0.1, -0.05) is 32.6 Å². The van der Waals surface area contributed by atoms with E-state index in [0.29, 0.717) is 13.1 Å². The Morgan fingerprint density at radius 2 is 1.85 bits per heavy atom. The Morgan fingerprint density at radius 3 is 2.35 bits per heavy atom. The molecule has 1 aliphatic heterocycles. The standard InChI is InChI=1S/C15H26N2O3/c1-11-6-9-17(12(11)13(18)19)14(20)15(10-16)7-4-2-3-5-8-15/h11-12H,2-10,16H2,1H3,(H,18,19). The molecule has 0 radical (unpaired) electrons. The topological polar surface area (TPSA) is 83.6 Å². The van der Waals surface area contributed by atoms with Crippen LogP contribution in [0.3, 0.4) is 0 Å². The van der Waals surface area contributed by atoms with E-state index in [9.17, 15) is 14.7 Å². The maximum Gasteiger partial charge on any atom is 0.326 e. The number of nitrogens with two attached hydrogens (primary N) is 1. The lowest BCUT2D eigenvalue weighted by atomic mass is 9.78. The van der Waals surface area contributed by atoms with E-state index in [1.54, 1.807) is 4.90 Å². The van der Waals surface area contributed by atoms with E-state index in [2.05, 4.69) is 0 Å². The van der Waals surface area contributed by atoms with E-state index in [1.165, 1.54) is 0 Å². The van der Waals surface area contributed by atoms with Crippen molar-refractivity contribution >= 4 is 11.9 Å². The SMILES string of the molecule is CC1CCN(C(=O)C2(CN)CCCCCC2)C1C(=O)O. The monoisotopic (exact) mass is 282 g/mol. The number of hydrogen-bond donors (Lipinski definition) is 2. The lowest BCUT2D eigenvalue weighted by molar-refractivity contribution is -0.154. The molecule has 1 heterocycles. The highest BCUT2D eigenvalue weighted by atomic mass is 16.4.